The highest BCUT2D eigenvalue weighted by Gasteiger charge is 2.65. The number of rotatable bonds is 1. The van der Waals surface area contributed by atoms with Crippen LogP contribution < -0.4 is 0 Å². The van der Waals surface area contributed by atoms with E-state index in [0.29, 0.717) is 11.3 Å². The highest BCUT2D eigenvalue weighted by atomic mass is 16.5. The zero-order chi connectivity index (χ0) is 17.2. The summed E-state index contributed by atoms with van der Waals surface area (Å²) in [6.45, 7) is 7.97. The molecule has 3 nitrogen and oxygen atoms in total. The molecule has 0 aromatic rings. The summed E-state index contributed by atoms with van der Waals surface area (Å²) in [7, 11) is 1.56. The lowest BCUT2D eigenvalue weighted by atomic mass is 9.39. The first-order valence-corrected chi connectivity index (χ1v) is 10.0. The van der Waals surface area contributed by atoms with Crippen molar-refractivity contribution in [3.63, 3.8) is 0 Å². The predicted molar refractivity (Wildman–Crippen MR) is 93.6 cm³/mol. The molecule has 1 spiro atoms. The maximum absolute atomic E-state index is 12.7. The summed E-state index contributed by atoms with van der Waals surface area (Å²) in [6, 6.07) is 0. The molecule has 4 rings (SSSR count). The fourth-order valence-electron chi connectivity index (χ4n) is 7.90. The number of methoxy groups -OCH3 is 1. The quantitative estimate of drug-likeness (QED) is 0.650. The second-order valence-corrected chi connectivity index (χ2v) is 10.0. The number of esters is 1. The van der Waals surface area contributed by atoms with Crippen molar-refractivity contribution in [3.8, 4) is 0 Å². The fourth-order valence-corrected chi connectivity index (χ4v) is 7.90. The van der Waals surface area contributed by atoms with Gasteiger partial charge < -0.3 is 9.47 Å². The highest BCUT2D eigenvalue weighted by molar-refractivity contribution is 5.77. The van der Waals surface area contributed by atoms with E-state index in [0.717, 1.165) is 18.9 Å². The van der Waals surface area contributed by atoms with Gasteiger partial charge in [0.15, 0.2) is 0 Å². The standard InChI is InChI=1S/C21H34O3/c1-18-10-6-16-19(2)8-5-9-20(3,17(22)23-4)15(19)7-11-21(16,14-18)12-13-24-18/h15-16H,5-14H2,1-4H3. The summed E-state index contributed by atoms with van der Waals surface area (Å²) in [5.74, 6) is 1.26. The van der Waals surface area contributed by atoms with E-state index in [4.69, 9.17) is 9.47 Å². The van der Waals surface area contributed by atoms with E-state index >= 15 is 0 Å². The molecular formula is C21H34O3. The van der Waals surface area contributed by atoms with Crippen LogP contribution in [0.5, 0.6) is 0 Å². The Bertz CT molecular complexity index is 545. The van der Waals surface area contributed by atoms with Gasteiger partial charge in [0, 0.05) is 6.61 Å². The molecule has 4 aliphatic rings. The lowest BCUT2D eigenvalue weighted by molar-refractivity contribution is -0.233. The summed E-state index contributed by atoms with van der Waals surface area (Å²) in [5.41, 5.74) is 0.580. The number of carbonyl (C=O) groups excluding carboxylic acids is 1. The molecule has 136 valence electrons. The molecule has 0 aromatic heterocycles. The molecule has 1 saturated heterocycles. The molecule has 1 aliphatic heterocycles. The van der Waals surface area contributed by atoms with E-state index < -0.39 is 0 Å². The van der Waals surface area contributed by atoms with Crippen LogP contribution >= 0.6 is 0 Å². The smallest absolute Gasteiger partial charge is 0.311 e. The minimum Gasteiger partial charge on any atom is -0.469 e. The third-order valence-corrected chi connectivity index (χ3v) is 8.83. The first-order chi connectivity index (χ1) is 11.3. The van der Waals surface area contributed by atoms with Crippen LogP contribution in [0.2, 0.25) is 0 Å². The maximum atomic E-state index is 12.7. The summed E-state index contributed by atoms with van der Waals surface area (Å²) in [4.78, 5) is 12.7. The van der Waals surface area contributed by atoms with E-state index in [9.17, 15) is 4.79 Å². The van der Waals surface area contributed by atoms with E-state index in [-0.39, 0.29) is 22.4 Å². The Morgan fingerprint density at radius 2 is 1.75 bits per heavy atom. The summed E-state index contributed by atoms with van der Waals surface area (Å²) < 4.78 is 11.4. The normalized spacial score (nSPS) is 53.7. The van der Waals surface area contributed by atoms with Gasteiger partial charge in [-0.3, -0.25) is 4.79 Å². The monoisotopic (exact) mass is 334 g/mol. The van der Waals surface area contributed by atoms with Crippen LogP contribution in [0.1, 0.15) is 78.6 Å². The maximum Gasteiger partial charge on any atom is 0.311 e. The molecule has 3 heteroatoms. The van der Waals surface area contributed by atoms with Gasteiger partial charge in [-0.05, 0) is 87.9 Å². The average Bonchev–Trinajstić information content (AvgIpc) is 2.52. The number of fused-ring (bicyclic) bond motifs is 3. The second-order valence-electron chi connectivity index (χ2n) is 10.0. The van der Waals surface area contributed by atoms with Gasteiger partial charge in [-0.15, -0.1) is 0 Å². The van der Waals surface area contributed by atoms with Gasteiger partial charge in [-0.1, -0.05) is 13.3 Å². The zero-order valence-corrected chi connectivity index (χ0v) is 16.0. The Hall–Kier alpha value is -0.570. The SMILES string of the molecule is COC(=O)C1(C)CCCC2(C)C3CCC4(C)CC3(CCO4)CCC12. The largest absolute Gasteiger partial charge is 0.469 e. The zero-order valence-electron chi connectivity index (χ0n) is 16.0. The van der Waals surface area contributed by atoms with Crippen molar-refractivity contribution in [1.29, 1.82) is 0 Å². The van der Waals surface area contributed by atoms with Crippen LogP contribution in [0.25, 0.3) is 0 Å². The summed E-state index contributed by atoms with van der Waals surface area (Å²) in [5, 5.41) is 0. The summed E-state index contributed by atoms with van der Waals surface area (Å²) >= 11 is 0. The molecule has 0 aromatic carbocycles. The van der Waals surface area contributed by atoms with Crippen LogP contribution in [0.3, 0.4) is 0 Å². The molecule has 24 heavy (non-hydrogen) atoms. The van der Waals surface area contributed by atoms with Crippen LogP contribution in [-0.4, -0.2) is 25.3 Å². The minimum absolute atomic E-state index is 0.0296. The Morgan fingerprint density at radius 1 is 1.00 bits per heavy atom. The Kier molecular flexibility index (Phi) is 3.67. The highest BCUT2D eigenvalue weighted by Crippen LogP contribution is 2.70. The van der Waals surface area contributed by atoms with E-state index in [1.165, 1.54) is 51.4 Å². The van der Waals surface area contributed by atoms with Gasteiger partial charge in [0.05, 0.1) is 18.1 Å². The topological polar surface area (TPSA) is 35.5 Å². The van der Waals surface area contributed by atoms with Gasteiger partial charge in [0.1, 0.15) is 0 Å². The first-order valence-electron chi connectivity index (χ1n) is 10.0. The van der Waals surface area contributed by atoms with Crippen molar-refractivity contribution in [2.24, 2.45) is 28.1 Å². The van der Waals surface area contributed by atoms with Crippen molar-refractivity contribution in [2.45, 2.75) is 84.2 Å². The lowest BCUT2D eigenvalue weighted by Crippen LogP contribution is -2.63. The van der Waals surface area contributed by atoms with Gasteiger partial charge >= 0.3 is 5.97 Å². The van der Waals surface area contributed by atoms with Crippen LogP contribution in [-0.2, 0) is 14.3 Å². The molecule has 6 unspecified atom stereocenters. The van der Waals surface area contributed by atoms with Crippen LogP contribution in [0.15, 0.2) is 0 Å². The number of hydrogen-bond acceptors (Lipinski definition) is 3. The van der Waals surface area contributed by atoms with Crippen molar-refractivity contribution < 1.29 is 14.3 Å². The van der Waals surface area contributed by atoms with Gasteiger partial charge in [-0.2, -0.15) is 0 Å². The molecular weight excluding hydrogens is 300 g/mol. The number of hydrogen-bond donors (Lipinski definition) is 0. The number of carbonyl (C=O) groups is 1. The van der Waals surface area contributed by atoms with E-state index in [1.54, 1.807) is 7.11 Å². The molecule has 6 atom stereocenters. The molecule has 3 saturated carbocycles. The molecule has 0 amide bonds. The van der Waals surface area contributed by atoms with Crippen LogP contribution in [0.4, 0.5) is 0 Å². The van der Waals surface area contributed by atoms with Crippen molar-refractivity contribution in [2.75, 3.05) is 13.7 Å². The van der Waals surface area contributed by atoms with Gasteiger partial charge in [0.25, 0.3) is 0 Å². The Morgan fingerprint density at radius 3 is 2.50 bits per heavy atom. The van der Waals surface area contributed by atoms with E-state index in [2.05, 4.69) is 20.8 Å². The van der Waals surface area contributed by atoms with Crippen molar-refractivity contribution in [3.05, 3.63) is 0 Å². The second kappa shape index (κ2) is 5.22. The lowest BCUT2D eigenvalue weighted by Gasteiger charge is -2.67. The Labute approximate surface area is 146 Å². The average molecular weight is 335 g/mol. The van der Waals surface area contributed by atoms with Gasteiger partial charge in [0.2, 0.25) is 0 Å². The van der Waals surface area contributed by atoms with E-state index in [1.807, 2.05) is 0 Å². The fraction of sp³-hybridized carbons (Fsp3) is 0.952. The first kappa shape index (κ1) is 16.9. The third-order valence-electron chi connectivity index (χ3n) is 8.83. The molecule has 4 fully saturated rings. The van der Waals surface area contributed by atoms with Crippen molar-refractivity contribution in [1.82, 2.24) is 0 Å². The minimum atomic E-state index is -0.282. The molecule has 1 heterocycles. The molecule has 2 bridgehead atoms. The molecule has 3 aliphatic carbocycles. The molecule has 0 N–H and O–H groups in total. The Balaban J connectivity index is 1.71. The van der Waals surface area contributed by atoms with Gasteiger partial charge in [-0.25, -0.2) is 0 Å². The predicted octanol–water partition coefficient (Wildman–Crippen LogP) is 4.73. The van der Waals surface area contributed by atoms with Crippen LogP contribution in [0, 0.1) is 28.1 Å². The number of ether oxygens (including phenoxy) is 2. The third kappa shape index (κ3) is 2.09. The summed E-state index contributed by atoms with van der Waals surface area (Å²) in [6.07, 6.45) is 10.9. The molecule has 0 radical (unpaired) electrons. The van der Waals surface area contributed by atoms with Crippen molar-refractivity contribution >= 4 is 5.97 Å².